The van der Waals surface area contributed by atoms with Crippen LogP contribution in [0.2, 0.25) is 0 Å². The summed E-state index contributed by atoms with van der Waals surface area (Å²) in [5.74, 6) is 3.39. The zero-order valence-electron chi connectivity index (χ0n) is 13.4. The van der Waals surface area contributed by atoms with Crippen LogP contribution in [0.25, 0.3) is 0 Å². The number of hydrogen-bond acceptors (Lipinski definition) is 5. The van der Waals surface area contributed by atoms with E-state index in [9.17, 15) is 0 Å². The van der Waals surface area contributed by atoms with Gasteiger partial charge in [0.2, 0.25) is 0 Å². The molecule has 2 heterocycles. The first kappa shape index (κ1) is 14.6. The summed E-state index contributed by atoms with van der Waals surface area (Å²) >= 11 is 0. The summed E-state index contributed by atoms with van der Waals surface area (Å²) in [6.45, 7) is 6.14. The van der Waals surface area contributed by atoms with Crippen LogP contribution >= 0.6 is 0 Å². The monoisotopic (exact) mass is 298 g/mol. The topological polar surface area (TPSA) is 50.3 Å². The average Bonchev–Trinajstić information content (AvgIpc) is 3.01. The number of nitrogens with one attached hydrogen (secondary N) is 1. The van der Waals surface area contributed by atoms with Gasteiger partial charge in [0.15, 0.2) is 0 Å². The predicted octanol–water partition coefficient (Wildman–Crippen LogP) is 3.45. The van der Waals surface area contributed by atoms with Crippen LogP contribution in [0.3, 0.4) is 0 Å². The first-order valence-electron chi connectivity index (χ1n) is 7.68. The van der Waals surface area contributed by atoms with Gasteiger partial charge in [0.05, 0.1) is 12.8 Å². The van der Waals surface area contributed by atoms with E-state index in [2.05, 4.69) is 33.2 Å². The Hall–Kier alpha value is -2.30. The Morgan fingerprint density at radius 1 is 1.09 bits per heavy atom. The fourth-order valence-corrected chi connectivity index (χ4v) is 2.78. The number of nitrogens with zero attached hydrogens (tertiary/aromatic N) is 3. The lowest BCUT2D eigenvalue weighted by molar-refractivity contribution is 0.416. The molecule has 1 aliphatic rings. The molecule has 1 aromatic heterocycles. The molecule has 1 aromatic carbocycles. The van der Waals surface area contributed by atoms with Crippen LogP contribution < -0.4 is 15.0 Å². The Labute approximate surface area is 131 Å². The molecule has 5 heteroatoms. The Bertz CT molecular complexity index is 666. The Morgan fingerprint density at radius 3 is 2.59 bits per heavy atom. The SMILES string of the molecule is COc1ccc(C)cc1Nc1cc(N2CCCC2)nc(C)n1. The second-order valence-electron chi connectivity index (χ2n) is 5.68. The van der Waals surface area contributed by atoms with Crippen molar-refractivity contribution in [2.24, 2.45) is 0 Å². The highest BCUT2D eigenvalue weighted by atomic mass is 16.5. The molecule has 116 valence electrons. The summed E-state index contributed by atoms with van der Waals surface area (Å²) in [4.78, 5) is 11.4. The van der Waals surface area contributed by atoms with Crippen molar-refractivity contribution in [3.8, 4) is 5.75 Å². The maximum Gasteiger partial charge on any atom is 0.142 e. The van der Waals surface area contributed by atoms with Gasteiger partial charge in [0.25, 0.3) is 0 Å². The standard InChI is InChI=1S/C17H22N4O/c1-12-6-7-15(22-3)14(10-12)20-16-11-17(19-13(2)18-16)21-8-4-5-9-21/h6-7,10-11H,4-5,8-9H2,1-3H3,(H,18,19,20). The number of rotatable bonds is 4. The lowest BCUT2D eigenvalue weighted by atomic mass is 10.2. The van der Waals surface area contributed by atoms with Crippen molar-refractivity contribution in [3.05, 3.63) is 35.7 Å². The van der Waals surface area contributed by atoms with E-state index < -0.39 is 0 Å². The van der Waals surface area contributed by atoms with E-state index in [4.69, 9.17) is 4.74 Å². The van der Waals surface area contributed by atoms with Crippen LogP contribution in [0.15, 0.2) is 24.3 Å². The molecule has 0 unspecified atom stereocenters. The number of hydrogen-bond donors (Lipinski definition) is 1. The van der Waals surface area contributed by atoms with Crippen molar-refractivity contribution in [2.75, 3.05) is 30.4 Å². The fraction of sp³-hybridized carbons (Fsp3) is 0.412. The second kappa shape index (κ2) is 6.22. The zero-order chi connectivity index (χ0) is 15.5. The molecule has 3 rings (SSSR count). The molecule has 0 bridgehead atoms. The summed E-state index contributed by atoms with van der Waals surface area (Å²) < 4.78 is 5.42. The highest BCUT2D eigenvalue weighted by Gasteiger charge is 2.15. The number of benzene rings is 1. The average molecular weight is 298 g/mol. The third-order valence-electron chi connectivity index (χ3n) is 3.87. The Morgan fingerprint density at radius 2 is 1.86 bits per heavy atom. The normalized spacial score (nSPS) is 14.2. The van der Waals surface area contributed by atoms with E-state index in [1.807, 2.05) is 25.1 Å². The van der Waals surface area contributed by atoms with Crippen LogP contribution in [-0.4, -0.2) is 30.2 Å². The van der Waals surface area contributed by atoms with Crippen LogP contribution in [0.5, 0.6) is 5.75 Å². The largest absolute Gasteiger partial charge is 0.495 e. The minimum Gasteiger partial charge on any atom is -0.495 e. The lowest BCUT2D eigenvalue weighted by Gasteiger charge is -2.18. The number of aromatic nitrogens is 2. The van der Waals surface area contributed by atoms with Crippen molar-refractivity contribution in [2.45, 2.75) is 26.7 Å². The minimum atomic E-state index is 0.776. The van der Waals surface area contributed by atoms with E-state index in [0.717, 1.165) is 42.0 Å². The molecule has 22 heavy (non-hydrogen) atoms. The molecule has 5 nitrogen and oxygen atoms in total. The van der Waals surface area contributed by atoms with Gasteiger partial charge < -0.3 is 15.0 Å². The smallest absolute Gasteiger partial charge is 0.142 e. The zero-order valence-corrected chi connectivity index (χ0v) is 13.4. The molecule has 0 amide bonds. The first-order chi connectivity index (χ1) is 10.7. The molecule has 0 radical (unpaired) electrons. The number of ether oxygens (including phenoxy) is 1. The van der Waals surface area contributed by atoms with E-state index in [0.29, 0.717) is 0 Å². The van der Waals surface area contributed by atoms with Gasteiger partial charge in [-0.25, -0.2) is 9.97 Å². The summed E-state index contributed by atoms with van der Waals surface area (Å²) in [7, 11) is 1.68. The summed E-state index contributed by atoms with van der Waals surface area (Å²) in [6, 6.07) is 8.07. The summed E-state index contributed by atoms with van der Waals surface area (Å²) in [6.07, 6.45) is 2.47. The fourth-order valence-electron chi connectivity index (χ4n) is 2.78. The Kier molecular flexibility index (Phi) is 4.13. The molecular weight excluding hydrogens is 276 g/mol. The quantitative estimate of drug-likeness (QED) is 0.937. The van der Waals surface area contributed by atoms with Gasteiger partial charge in [0, 0.05) is 19.2 Å². The Balaban J connectivity index is 1.90. The lowest BCUT2D eigenvalue weighted by Crippen LogP contribution is -2.19. The second-order valence-corrected chi connectivity index (χ2v) is 5.68. The van der Waals surface area contributed by atoms with Crippen molar-refractivity contribution < 1.29 is 4.74 Å². The molecule has 1 saturated heterocycles. The van der Waals surface area contributed by atoms with Gasteiger partial charge in [0.1, 0.15) is 23.2 Å². The number of anilines is 3. The predicted molar refractivity (Wildman–Crippen MR) is 89.2 cm³/mol. The van der Waals surface area contributed by atoms with Crippen LogP contribution in [-0.2, 0) is 0 Å². The third-order valence-corrected chi connectivity index (χ3v) is 3.87. The van der Waals surface area contributed by atoms with Crippen molar-refractivity contribution in [3.63, 3.8) is 0 Å². The van der Waals surface area contributed by atoms with Crippen LogP contribution in [0, 0.1) is 13.8 Å². The first-order valence-corrected chi connectivity index (χ1v) is 7.68. The minimum absolute atomic E-state index is 0.776. The molecular formula is C17H22N4O. The number of aryl methyl sites for hydroxylation is 2. The molecule has 0 saturated carbocycles. The highest BCUT2D eigenvalue weighted by molar-refractivity contribution is 5.66. The molecule has 2 aromatic rings. The van der Waals surface area contributed by atoms with Crippen molar-refractivity contribution in [1.82, 2.24) is 9.97 Å². The molecule has 0 aliphatic carbocycles. The molecule has 1 N–H and O–H groups in total. The number of methoxy groups -OCH3 is 1. The van der Waals surface area contributed by atoms with Gasteiger partial charge in [-0.15, -0.1) is 0 Å². The molecule has 0 atom stereocenters. The summed E-state index contributed by atoms with van der Waals surface area (Å²) in [5.41, 5.74) is 2.10. The third kappa shape index (κ3) is 3.13. The van der Waals surface area contributed by atoms with E-state index in [-0.39, 0.29) is 0 Å². The van der Waals surface area contributed by atoms with Crippen molar-refractivity contribution in [1.29, 1.82) is 0 Å². The maximum absolute atomic E-state index is 5.42. The molecule has 1 aliphatic heterocycles. The van der Waals surface area contributed by atoms with Gasteiger partial charge in [-0.3, -0.25) is 0 Å². The van der Waals surface area contributed by atoms with Gasteiger partial charge >= 0.3 is 0 Å². The maximum atomic E-state index is 5.42. The van der Waals surface area contributed by atoms with Crippen LogP contribution in [0.1, 0.15) is 24.2 Å². The van der Waals surface area contributed by atoms with E-state index in [1.165, 1.54) is 18.4 Å². The molecule has 0 spiro atoms. The van der Waals surface area contributed by atoms with Gasteiger partial charge in [-0.2, -0.15) is 0 Å². The highest BCUT2D eigenvalue weighted by Crippen LogP contribution is 2.29. The van der Waals surface area contributed by atoms with Gasteiger partial charge in [-0.05, 0) is 44.4 Å². The van der Waals surface area contributed by atoms with Crippen molar-refractivity contribution >= 4 is 17.3 Å². The molecule has 1 fully saturated rings. The van der Waals surface area contributed by atoms with E-state index in [1.54, 1.807) is 7.11 Å². The van der Waals surface area contributed by atoms with Gasteiger partial charge in [-0.1, -0.05) is 6.07 Å². The van der Waals surface area contributed by atoms with Crippen LogP contribution in [0.4, 0.5) is 17.3 Å². The summed E-state index contributed by atoms with van der Waals surface area (Å²) in [5, 5.41) is 3.37. The van der Waals surface area contributed by atoms with E-state index >= 15 is 0 Å².